The zero-order valence-corrected chi connectivity index (χ0v) is 14.2. The van der Waals surface area contributed by atoms with Crippen LogP contribution in [-0.4, -0.2) is 45.5 Å². The van der Waals surface area contributed by atoms with E-state index in [1.165, 1.54) is 0 Å². The van der Waals surface area contributed by atoms with E-state index in [2.05, 4.69) is 11.9 Å². The molecule has 2 rings (SSSR count). The van der Waals surface area contributed by atoms with E-state index in [0.717, 1.165) is 38.1 Å². The third kappa shape index (κ3) is 4.81. The summed E-state index contributed by atoms with van der Waals surface area (Å²) in [6.45, 7) is 5.64. The van der Waals surface area contributed by atoms with E-state index >= 15 is 0 Å². The first-order chi connectivity index (χ1) is 11.2. The van der Waals surface area contributed by atoms with Crippen LogP contribution in [0.3, 0.4) is 0 Å². The van der Waals surface area contributed by atoms with Gasteiger partial charge in [-0.2, -0.15) is 0 Å². The summed E-state index contributed by atoms with van der Waals surface area (Å²) in [5.41, 5.74) is 0. The Kier molecular flexibility index (Phi) is 6.62. The number of carbonyl (C=O) groups excluding carboxylic acids is 2. The van der Waals surface area contributed by atoms with Crippen molar-refractivity contribution >= 4 is 11.9 Å². The SMILES string of the molecule is CCOC(=O)C[C@H]1CCCCN1C(=O)CCn1ccnc1CC. The molecule has 2 heterocycles. The fraction of sp³-hybridized carbons (Fsp3) is 0.706. The first kappa shape index (κ1) is 17.5. The van der Waals surface area contributed by atoms with Gasteiger partial charge in [-0.1, -0.05) is 6.92 Å². The van der Waals surface area contributed by atoms with Crippen molar-refractivity contribution in [1.29, 1.82) is 0 Å². The van der Waals surface area contributed by atoms with Gasteiger partial charge in [0.2, 0.25) is 5.91 Å². The van der Waals surface area contributed by atoms with Gasteiger partial charge >= 0.3 is 5.97 Å². The molecule has 128 valence electrons. The second-order valence-electron chi connectivity index (χ2n) is 5.89. The molecule has 0 aromatic carbocycles. The van der Waals surface area contributed by atoms with Crippen molar-refractivity contribution in [2.45, 2.75) is 65.0 Å². The molecule has 1 aliphatic rings. The quantitative estimate of drug-likeness (QED) is 0.722. The van der Waals surface area contributed by atoms with E-state index in [1.807, 2.05) is 15.7 Å². The van der Waals surface area contributed by atoms with Gasteiger partial charge in [0.05, 0.1) is 13.0 Å². The average Bonchev–Trinajstić information content (AvgIpc) is 3.01. The lowest BCUT2D eigenvalue weighted by Gasteiger charge is -2.35. The number of ether oxygens (including phenoxy) is 1. The molecule has 1 aromatic rings. The third-order valence-corrected chi connectivity index (χ3v) is 4.34. The maximum Gasteiger partial charge on any atom is 0.307 e. The number of rotatable bonds is 7. The van der Waals surface area contributed by atoms with Crippen LogP contribution in [0.1, 0.15) is 51.8 Å². The highest BCUT2D eigenvalue weighted by molar-refractivity contribution is 5.78. The number of esters is 1. The third-order valence-electron chi connectivity index (χ3n) is 4.34. The summed E-state index contributed by atoms with van der Waals surface area (Å²) in [6, 6.07) is -0.0104. The number of carbonyl (C=O) groups is 2. The lowest BCUT2D eigenvalue weighted by molar-refractivity contribution is -0.146. The van der Waals surface area contributed by atoms with Crippen molar-refractivity contribution in [3.63, 3.8) is 0 Å². The molecule has 0 spiro atoms. The molecule has 1 atom stereocenters. The summed E-state index contributed by atoms with van der Waals surface area (Å²) in [5.74, 6) is 0.911. The Morgan fingerprint density at radius 1 is 1.35 bits per heavy atom. The molecular weight excluding hydrogens is 294 g/mol. The maximum absolute atomic E-state index is 12.6. The van der Waals surface area contributed by atoms with Crippen molar-refractivity contribution in [2.24, 2.45) is 0 Å². The van der Waals surface area contributed by atoms with Gasteiger partial charge in [0, 0.05) is 44.4 Å². The van der Waals surface area contributed by atoms with E-state index in [1.54, 1.807) is 13.1 Å². The van der Waals surface area contributed by atoms with Crippen molar-refractivity contribution in [3.8, 4) is 0 Å². The van der Waals surface area contributed by atoms with Crippen LogP contribution >= 0.6 is 0 Å². The predicted molar refractivity (Wildman–Crippen MR) is 86.8 cm³/mol. The smallest absolute Gasteiger partial charge is 0.307 e. The molecule has 1 aliphatic heterocycles. The van der Waals surface area contributed by atoms with Crippen LogP contribution in [0.15, 0.2) is 12.4 Å². The number of hydrogen-bond acceptors (Lipinski definition) is 4. The van der Waals surface area contributed by atoms with E-state index in [4.69, 9.17) is 4.74 Å². The molecule has 1 fully saturated rings. The van der Waals surface area contributed by atoms with E-state index < -0.39 is 0 Å². The van der Waals surface area contributed by atoms with Gasteiger partial charge < -0.3 is 14.2 Å². The number of likely N-dealkylation sites (tertiary alicyclic amines) is 1. The fourth-order valence-electron chi connectivity index (χ4n) is 3.17. The molecule has 6 nitrogen and oxygen atoms in total. The average molecular weight is 321 g/mol. The standard InChI is InChI=1S/C17H27N3O3/c1-3-15-18-9-12-19(15)11-8-16(21)20-10-6-5-7-14(20)13-17(22)23-4-2/h9,12,14H,3-8,10-11,13H2,1-2H3/t14-/m1/s1. The monoisotopic (exact) mass is 321 g/mol. The molecule has 0 radical (unpaired) electrons. The van der Waals surface area contributed by atoms with Gasteiger partial charge in [-0.25, -0.2) is 4.98 Å². The lowest BCUT2D eigenvalue weighted by atomic mass is 9.99. The molecule has 1 aromatic heterocycles. The van der Waals surface area contributed by atoms with Crippen LogP contribution in [0, 0.1) is 0 Å². The highest BCUT2D eigenvalue weighted by Crippen LogP contribution is 2.21. The summed E-state index contributed by atoms with van der Waals surface area (Å²) >= 11 is 0. The highest BCUT2D eigenvalue weighted by atomic mass is 16.5. The highest BCUT2D eigenvalue weighted by Gasteiger charge is 2.28. The Morgan fingerprint density at radius 2 is 2.17 bits per heavy atom. The fourth-order valence-corrected chi connectivity index (χ4v) is 3.17. The lowest BCUT2D eigenvalue weighted by Crippen LogP contribution is -2.45. The van der Waals surface area contributed by atoms with Gasteiger partial charge in [0.25, 0.3) is 0 Å². The molecule has 6 heteroatoms. The largest absolute Gasteiger partial charge is 0.466 e. The second kappa shape index (κ2) is 8.70. The van der Waals surface area contributed by atoms with Crippen molar-refractivity contribution in [2.75, 3.05) is 13.2 Å². The molecule has 0 saturated carbocycles. The number of hydrogen-bond donors (Lipinski definition) is 0. The number of piperidine rings is 1. The van der Waals surface area contributed by atoms with Gasteiger partial charge in [-0.15, -0.1) is 0 Å². The first-order valence-electron chi connectivity index (χ1n) is 8.60. The number of aromatic nitrogens is 2. The molecule has 1 amide bonds. The van der Waals surface area contributed by atoms with Gasteiger partial charge in [-0.05, 0) is 26.2 Å². The molecular formula is C17H27N3O3. The minimum atomic E-state index is -0.208. The summed E-state index contributed by atoms with van der Waals surface area (Å²) in [7, 11) is 0. The number of aryl methyl sites for hydroxylation is 2. The minimum Gasteiger partial charge on any atom is -0.466 e. The number of imidazole rings is 1. The normalized spacial score (nSPS) is 18.0. The second-order valence-corrected chi connectivity index (χ2v) is 5.89. The minimum absolute atomic E-state index is 0.0104. The van der Waals surface area contributed by atoms with Crippen LogP contribution in [-0.2, 0) is 27.3 Å². The van der Waals surface area contributed by atoms with Gasteiger partial charge in [0.15, 0.2) is 0 Å². The summed E-state index contributed by atoms with van der Waals surface area (Å²) < 4.78 is 7.06. The van der Waals surface area contributed by atoms with E-state index in [9.17, 15) is 9.59 Å². The summed E-state index contributed by atoms with van der Waals surface area (Å²) in [5, 5.41) is 0. The molecule has 23 heavy (non-hydrogen) atoms. The Hall–Kier alpha value is -1.85. The number of nitrogens with zero attached hydrogens (tertiary/aromatic N) is 3. The van der Waals surface area contributed by atoms with Crippen LogP contribution in [0.2, 0.25) is 0 Å². The van der Waals surface area contributed by atoms with Gasteiger partial charge in [-0.3, -0.25) is 9.59 Å². The van der Waals surface area contributed by atoms with Crippen LogP contribution in [0.4, 0.5) is 0 Å². The Bertz CT molecular complexity index is 527. The van der Waals surface area contributed by atoms with E-state index in [-0.39, 0.29) is 17.9 Å². The molecule has 1 saturated heterocycles. The zero-order valence-electron chi connectivity index (χ0n) is 14.2. The number of amides is 1. The molecule has 0 N–H and O–H groups in total. The first-order valence-corrected chi connectivity index (χ1v) is 8.60. The van der Waals surface area contributed by atoms with E-state index in [0.29, 0.717) is 26.0 Å². The molecule has 0 unspecified atom stereocenters. The molecule has 0 bridgehead atoms. The zero-order chi connectivity index (χ0) is 16.7. The van der Waals surface area contributed by atoms with Crippen molar-refractivity contribution < 1.29 is 14.3 Å². The Labute approximate surface area is 137 Å². The Balaban J connectivity index is 1.91. The van der Waals surface area contributed by atoms with Crippen molar-refractivity contribution in [3.05, 3.63) is 18.2 Å². The molecule has 0 aliphatic carbocycles. The summed E-state index contributed by atoms with van der Waals surface area (Å²) in [4.78, 5) is 30.5. The van der Waals surface area contributed by atoms with Crippen LogP contribution < -0.4 is 0 Å². The maximum atomic E-state index is 12.6. The summed E-state index contributed by atoms with van der Waals surface area (Å²) in [6.07, 6.45) is 8.26. The van der Waals surface area contributed by atoms with Crippen molar-refractivity contribution in [1.82, 2.24) is 14.5 Å². The predicted octanol–water partition coefficient (Wildman–Crippen LogP) is 2.17. The Morgan fingerprint density at radius 3 is 2.91 bits per heavy atom. The topological polar surface area (TPSA) is 64.4 Å². The van der Waals surface area contributed by atoms with Crippen LogP contribution in [0.5, 0.6) is 0 Å². The van der Waals surface area contributed by atoms with Gasteiger partial charge in [0.1, 0.15) is 5.82 Å². The van der Waals surface area contributed by atoms with Crippen LogP contribution in [0.25, 0.3) is 0 Å².